The van der Waals surface area contributed by atoms with Crippen LogP contribution in [0.15, 0.2) is 41.0 Å². The van der Waals surface area contributed by atoms with E-state index in [9.17, 15) is 4.39 Å². The summed E-state index contributed by atoms with van der Waals surface area (Å²) in [4.78, 5) is 26.0. The molecular weight excluding hydrogens is 381 g/mol. The number of amidine groups is 1. The number of anilines is 2. The maximum Gasteiger partial charge on any atom is 0.216 e. The Hall–Kier alpha value is -3.16. The van der Waals surface area contributed by atoms with Gasteiger partial charge in [0, 0.05) is 55.9 Å². The molecule has 30 heavy (non-hydrogen) atoms. The first kappa shape index (κ1) is 20.1. The second-order valence-corrected chi connectivity index (χ2v) is 7.51. The van der Waals surface area contributed by atoms with Gasteiger partial charge in [-0.25, -0.2) is 19.9 Å². The van der Waals surface area contributed by atoms with Crippen LogP contribution in [0.5, 0.6) is 0 Å². The van der Waals surface area contributed by atoms with Gasteiger partial charge in [-0.3, -0.25) is 4.99 Å². The van der Waals surface area contributed by atoms with E-state index in [1.165, 1.54) is 12.5 Å². The fraction of sp³-hybridized carbons (Fsp3) is 0.409. The van der Waals surface area contributed by atoms with E-state index in [0.29, 0.717) is 24.0 Å². The van der Waals surface area contributed by atoms with Crippen LogP contribution < -0.4 is 9.80 Å². The zero-order valence-electron chi connectivity index (χ0n) is 17.4. The third-order valence-electron chi connectivity index (χ3n) is 5.63. The molecule has 0 spiro atoms. The van der Waals surface area contributed by atoms with Gasteiger partial charge >= 0.3 is 0 Å². The quantitative estimate of drug-likeness (QED) is 0.439. The minimum atomic E-state index is -0.456. The highest BCUT2D eigenvalue weighted by atomic mass is 19.1. The first-order valence-electron chi connectivity index (χ1n) is 10.3. The highest BCUT2D eigenvalue weighted by molar-refractivity contribution is 6.01. The molecule has 4 heterocycles. The van der Waals surface area contributed by atoms with Crippen molar-refractivity contribution in [3.05, 3.63) is 54.0 Å². The zero-order valence-corrected chi connectivity index (χ0v) is 17.4. The van der Waals surface area contributed by atoms with E-state index in [2.05, 4.69) is 48.2 Å². The molecule has 0 N–H and O–H groups in total. The number of hydrogen-bond acceptors (Lipinski definition) is 6. The number of aliphatic imine (C=N–C) groups is 2. The lowest BCUT2D eigenvalue weighted by molar-refractivity contribution is 0.561. The van der Waals surface area contributed by atoms with Gasteiger partial charge < -0.3 is 9.80 Å². The first-order chi connectivity index (χ1) is 14.6. The Bertz CT molecular complexity index is 995. The van der Waals surface area contributed by atoms with Gasteiger partial charge in [0.1, 0.15) is 5.82 Å². The van der Waals surface area contributed by atoms with Gasteiger partial charge in [0.25, 0.3) is 0 Å². The summed E-state index contributed by atoms with van der Waals surface area (Å²) >= 11 is 0. The monoisotopic (exact) mass is 407 g/mol. The molecule has 1 saturated heterocycles. The number of nitrogens with zero attached hydrogens (tertiary/aromatic N) is 7. The number of piperidine rings is 1. The predicted octanol–water partition coefficient (Wildman–Crippen LogP) is 3.72. The Morgan fingerprint density at radius 3 is 2.77 bits per heavy atom. The van der Waals surface area contributed by atoms with E-state index in [1.54, 1.807) is 19.3 Å². The molecule has 1 atom stereocenters. The largest absolute Gasteiger partial charge is 0.371 e. The number of allylic oxidation sites excluding steroid dienone is 1. The number of pyridine rings is 1. The Balaban J connectivity index is 1.62. The molecule has 8 heteroatoms. The molecule has 7 nitrogen and oxygen atoms in total. The van der Waals surface area contributed by atoms with E-state index < -0.39 is 5.95 Å². The van der Waals surface area contributed by atoms with Gasteiger partial charge in [0.2, 0.25) is 5.95 Å². The van der Waals surface area contributed by atoms with Crippen LogP contribution in [0.4, 0.5) is 15.9 Å². The van der Waals surface area contributed by atoms with Crippen molar-refractivity contribution in [1.82, 2.24) is 15.0 Å². The summed E-state index contributed by atoms with van der Waals surface area (Å²) in [6.07, 6.45) is 8.46. The van der Waals surface area contributed by atoms with Crippen molar-refractivity contribution in [3.8, 4) is 0 Å². The second kappa shape index (κ2) is 8.69. The Morgan fingerprint density at radius 2 is 2.03 bits per heavy atom. The van der Waals surface area contributed by atoms with Crippen LogP contribution >= 0.6 is 0 Å². The second-order valence-electron chi connectivity index (χ2n) is 7.51. The lowest BCUT2D eigenvalue weighted by atomic mass is 10.1. The molecule has 2 aliphatic heterocycles. The third kappa shape index (κ3) is 3.94. The average Bonchev–Trinajstić information content (AvgIpc) is 3.10. The molecule has 0 aromatic carbocycles. The number of rotatable bonds is 4. The Morgan fingerprint density at radius 1 is 1.23 bits per heavy atom. The average molecular weight is 407 g/mol. The minimum Gasteiger partial charge on any atom is -0.371 e. The molecule has 1 unspecified atom stereocenters. The van der Waals surface area contributed by atoms with Gasteiger partial charge in [-0.15, -0.1) is 0 Å². The van der Waals surface area contributed by atoms with Crippen LogP contribution in [0.1, 0.15) is 49.3 Å². The van der Waals surface area contributed by atoms with E-state index in [4.69, 9.17) is 0 Å². The highest BCUT2D eigenvalue weighted by Crippen LogP contribution is 2.36. The van der Waals surface area contributed by atoms with Crippen molar-refractivity contribution in [2.24, 2.45) is 9.98 Å². The summed E-state index contributed by atoms with van der Waals surface area (Å²) in [6.45, 7) is 8.13. The molecule has 0 saturated carbocycles. The molecule has 4 rings (SSSR count). The number of fused-ring (bicyclic) bond motifs is 1. The van der Waals surface area contributed by atoms with Crippen molar-refractivity contribution in [3.63, 3.8) is 0 Å². The van der Waals surface area contributed by atoms with E-state index >= 15 is 0 Å². The molecule has 0 bridgehead atoms. The summed E-state index contributed by atoms with van der Waals surface area (Å²) in [5.41, 5.74) is 2.78. The molecule has 1 fully saturated rings. The van der Waals surface area contributed by atoms with Crippen LogP contribution in [-0.4, -0.2) is 47.1 Å². The lowest BCUT2D eigenvalue weighted by Gasteiger charge is -2.30. The van der Waals surface area contributed by atoms with Gasteiger partial charge in [0.05, 0.1) is 18.3 Å². The molecule has 2 aromatic rings. The standard InChI is InChI=1S/C22H26FN7/c1-4-8-25-21(24-3)22-26-13-17-15(2)30(14-18(17)27-22)20-12-16(11-19(23)28-20)29-9-6-5-7-10-29/h4,8,11-13,15H,1,5-7,9-10,14H2,2-3H3. The molecule has 0 radical (unpaired) electrons. The fourth-order valence-electron chi connectivity index (χ4n) is 4.05. The van der Waals surface area contributed by atoms with Crippen molar-refractivity contribution >= 4 is 23.6 Å². The van der Waals surface area contributed by atoms with E-state index in [1.807, 2.05) is 12.3 Å². The maximum absolute atomic E-state index is 14.4. The van der Waals surface area contributed by atoms with Crippen LogP contribution in [0.2, 0.25) is 0 Å². The van der Waals surface area contributed by atoms with Gasteiger partial charge in [-0.05, 0) is 26.2 Å². The zero-order chi connectivity index (χ0) is 21.1. The van der Waals surface area contributed by atoms with Crippen LogP contribution in [0.25, 0.3) is 0 Å². The van der Waals surface area contributed by atoms with E-state index in [-0.39, 0.29) is 6.04 Å². The fourth-order valence-corrected chi connectivity index (χ4v) is 4.05. The topological polar surface area (TPSA) is 69.9 Å². The van der Waals surface area contributed by atoms with Crippen LogP contribution in [0, 0.1) is 5.95 Å². The third-order valence-corrected chi connectivity index (χ3v) is 5.63. The summed E-state index contributed by atoms with van der Waals surface area (Å²) < 4.78 is 14.4. The Kier molecular flexibility index (Phi) is 5.83. The summed E-state index contributed by atoms with van der Waals surface area (Å²) in [7, 11) is 1.65. The van der Waals surface area contributed by atoms with Crippen LogP contribution in [-0.2, 0) is 6.54 Å². The lowest BCUT2D eigenvalue weighted by Crippen LogP contribution is -2.30. The van der Waals surface area contributed by atoms with Crippen molar-refractivity contribution in [1.29, 1.82) is 0 Å². The predicted molar refractivity (Wildman–Crippen MR) is 118 cm³/mol. The summed E-state index contributed by atoms with van der Waals surface area (Å²) in [6, 6.07) is 3.51. The molecule has 2 aliphatic rings. The summed E-state index contributed by atoms with van der Waals surface area (Å²) in [5.74, 6) is 1.07. The van der Waals surface area contributed by atoms with Crippen molar-refractivity contribution in [2.75, 3.05) is 29.9 Å². The SMILES string of the molecule is C=CC=NC(=NC)c1ncc2c(n1)CN(c1cc(N3CCCCC3)cc(F)n1)C2C. The van der Waals surface area contributed by atoms with E-state index in [0.717, 1.165) is 42.9 Å². The van der Waals surface area contributed by atoms with Crippen LogP contribution in [0.3, 0.4) is 0 Å². The molecule has 0 amide bonds. The number of hydrogen-bond donors (Lipinski definition) is 0. The van der Waals surface area contributed by atoms with Crippen molar-refractivity contribution < 1.29 is 4.39 Å². The Labute approximate surface area is 176 Å². The van der Waals surface area contributed by atoms with Gasteiger partial charge in [-0.2, -0.15) is 4.39 Å². The molecular formula is C22H26FN7. The van der Waals surface area contributed by atoms with Gasteiger partial charge in [-0.1, -0.05) is 12.7 Å². The number of aromatic nitrogens is 3. The minimum absolute atomic E-state index is 0.00347. The van der Waals surface area contributed by atoms with Gasteiger partial charge in [0.15, 0.2) is 11.7 Å². The highest BCUT2D eigenvalue weighted by Gasteiger charge is 2.31. The maximum atomic E-state index is 14.4. The summed E-state index contributed by atoms with van der Waals surface area (Å²) in [5, 5.41) is 0. The molecule has 2 aromatic heterocycles. The number of halogens is 1. The smallest absolute Gasteiger partial charge is 0.216 e. The van der Waals surface area contributed by atoms with Crippen molar-refractivity contribution in [2.45, 2.75) is 38.8 Å². The molecule has 0 aliphatic carbocycles. The molecule has 156 valence electrons. The normalized spacial score (nSPS) is 19.4. The first-order valence-corrected chi connectivity index (χ1v) is 10.3.